The molecule has 0 saturated carbocycles. The lowest BCUT2D eigenvalue weighted by Crippen LogP contribution is -2.10. The van der Waals surface area contributed by atoms with E-state index >= 15 is 0 Å². The Morgan fingerprint density at radius 2 is 0.945 bits per heavy atom. The number of benzene rings is 9. The third kappa shape index (κ3) is 5.13. The van der Waals surface area contributed by atoms with Crippen LogP contribution in [0, 0.1) is 0 Å². The van der Waals surface area contributed by atoms with Gasteiger partial charge in [0.1, 0.15) is 11.2 Å². The number of aromatic nitrogens is 1. The maximum Gasteiger partial charge on any atom is 0.143 e. The smallest absolute Gasteiger partial charge is 0.143 e. The molecule has 0 aliphatic rings. The number of rotatable bonds is 6. The van der Waals surface area contributed by atoms with E-state index in [2.05, 4.69) is 216 Å². The minimum atomic E-state index is 0.906. The minimum Gasteiger partial charge on any atom is -0.455 e. The SMILES string of the molecule is c1ccc(N(c2cccc(-c3ccc4c(c3)c3ccccc3n4-c3ccccc3)c2)c2cccc(-c3cccc4c3oc3c5ccccc5ccc43)c2)cc1. The topological polar surface area (TPSA) is 21.3 Å². The van der Waals surface area contributed by atoms with Gasteiger partial charge in [-0.1, -0.05) is 133 Å². The van der Waals surface area contributed by atoms with Crippen molar-refractivity contribution in [2.75, 3.05) is 4.90 Å². The molecule has 258 valence electrons. The summed E-state index contributed by atoms with van der Waals surface area (Å²) in [7, 11) is 0. The molecule has 0 N–H and O–H groups in total. The molecule has 0 saturated heterocycles. The van der Waals surface area contributed by atoms with Gasteiger partial charge >= 0.3 is 0 Å². The van der Waals surface area contributed by atoms with Crippen molar-refractivity contribution in [2.45, 2.75) is 0 Å². The fourth-order valence-corrected chi connectivity index (χ4v) is 8.42. The highest BCUT2D eigenvalue weighted by atomic mass is 16.3. The van der Waals surface area contributed by atoms with E-state index in [1.54, 1.807) is 0 Å². The molecule has 0 aliphatic carbocycles. The molecular formula is C52H34N2O. The van der Waals surface area contributed by atoms with Crippen LogP contribution < -0.4 is 4.90 Å². The summed E-state index contributed by atoms with van der Waals surface area (Å²) in [6.07, 6.45) is 0. The zero-order chi connectivity index (χ0) is 36.3. The Balaban J connectivity index is 1.04. The predicted molar refractivity (Wildman–Crippen MR) is 231 cm³/mol. The van der Waals surface area contributed by atoms with E-state index in [4.69, 9.17) is 4.42 Å². The van der Waals surface area contributed by atoms with Crippen molar-refractivity contribution >= 4 is 71.6 Å². The van der Waals surface area contributed by atoms with E-state index in [-0.39, 0.29) is 0 Å². The highest BCUT2D eigenvalue weighted by molar-refractivity contribution is 6.17. The van der Waals surface area contributed by atoms with Gasteiger partial charge in [0.25, 0.3) is 0 Å². The monoisotopic (exact) mass is 702 g/mol. The van der Waals surface area contributed by atoms with E-state index in [1.807, 2.05) is 0 Å². The van der Waals surface area contributed by atoms with E-state index in [9.17, 15) is 0 Å². The lowest BCUT2D eigenvalue weighted by Gasteiger charge is -2.26. The van der Waals surface area contributed by atoms with Crippen LogP contribution in [0.5, 0.6) is 0 Å². The van der Waals surface area contributed by atoms with Crippen LogP contribution in [-0.4, -0.2) is 4.57 Å². The van der Waals surface area contributed by atoms with Gasteiger partial charge in [-0.25, -0.2) is 0 Å². The molecule has 9 aromatic carbocycles. The average Bonchev–Trinajstić information content (AvgIpc) is 3.81. The Bertz CT molecular complexity index is 3210. The molecule has 2 aromatic heterocycles. The molecule has 0 aliphatic heterocycles. The minimum absolute atomic E-state index is 0.906. The molecule has 0 atom stereocenters. The van der Waals surface area contributed by atoms with Crippen LogP contribution >= 0.6 is 0 Å². The van der Waals surface area contributed by atoms with Crippen molar-refractivity contribution in [3.63, 3.8) is 0 Å². The largest absolute Gasteiger partial charge is 0.455 e. The maximum atomic E-state index is 6.75. The Hall–Kier alpha value is -7.36. The molecule has 11 aromatic rings. The van der Waals surface area contributed by atoms with Crippen LogP contribution in [0.3, 0.4) is 0 Å². The van der Waals surface area contributed by atoms with Crippen LogP contribution in [0.25, 0.3) is 82.5 Å². The lowest BCUT2D eigenvalue weighted by atomic mass is 10.00. The Kier molecular flexibility index (Phi) is 7.17. The standard InChI is InChI=1S/C52H34N2O/c1-3-17-39(18-4-1)53(42-22-12-16-38(33-42)44-25-13-26-46-47-30-28-35-14-7-8-23-43(35)51(47)55-52(44)46)41-21-11-15-36(32-41)37-29-31-50-48(34-37)45-24-9-10-27-49(45)54(50)40-19-5-2-6-20-40/h1-34H. The predicted octanol–water partition coefficient (Wildman–Crippen LogP) is 14.6. The molecule has 2 heterocycles. The number of hydrogen-bond donors (Lipinski definition) is 0. The van der Waals surface area contributed by atoms with Crippen molar-refractivity contribution in [2.24, 2.45) is 0 Å². The Labute approximate surface area is 318 Å². The number of para-hydroxylation sites is 4. The summed E-state index contributed by atoms with van der Waals surface area (Å²) in [6.45, 7) is 0. The van der Waals surface area contributed by atoms with Gasteiger partial charge in [0.05, 0.1) is 11.0 Å². The quantitative estimate of drug-likeness (QED) is 0.172. The molecule has 0 bridgehead atoms. The number of nitrogens with zero attached hydrogens (tertiary/aromatic N) is 2. The molecule has 0 amide bonds. The summed E-state index contributed by atoms with van der Waals surface area (Å²) in [6, 6.07) is 73.8. The van der Waals surface area contributed by atoms with Crippen molar-refractivity contribution in [3.8, 4) is 27.9 Å². The van der Waals surface area contributed by atoms with Crippen LogP contribution in [0.4, 0.5) is 17.1 Å². The van der Waals surface area contributed by atoms with Crippen molar-refractivity contribution < 1.29 is 4.42 Å². The number of anilines is 3. The summed E-state index contributed by atoms with van der Waals surface area (Å²) in [4.78, 5) is 2.35. The first kappa shape index (κ1) is 31.2. The second-order valence-corrected chi connectivity index (χ2v) is 14.1. The van der Waals surface area contributed by atoms with E-state index in [0.29, 0.717) is 0 Å². The summed E-state index contributed by atoms with van der Waals surface area (Å²) >= 11 is 0. The Morgan fingerprint density at radius 3 is 1.78 bits per heavy atom. The lowest BCUT2D eigenvalue weighted by molar-refractivity contribution is 0.674. The van der Waals surface area contributed by atoms with Crippen LogP contribution in [-0.2, 0) is 0 Å². The van der Waals surface area contributed by atoms with E-state index in [0.717, 1.165) is 66.8 Å². The summed E-state index contributed by atoms with van der Waals surface area (Å²) in [5.41, 5.74) is 13.2. The number of furan rings is 1. The van der Waals surface area contributed by atoms with Gasteiger partial charge in [0.2, 0.25) is 0 Å². The maximum absolute atomic E-state index is 6.75. The highest BCUT2D eigenvalue weighted by Gasteiger charge is 2.18. The molecule has 55 heavy (non-hydrogen) atoms. The van der Waals surface area contributed by atoms with Crippen LogP contribution in [0.1, 0.15) is 0 Å². The fourth-order valence-electron chi connectivity index (χ4n) is 8.42. The Morgan fingerprint density at radius 1 is 0.345 bits per heavy atom. The molecule has 0 spiro atoms. The van der Waals surface area contributed by atoms with Gasteiger partial charge in [0.15, 0.2) is 0 Å². The first-order valence-electron chi connectivity index (χ1n) is 18.8. The van der Waals surface area contributed by atoms with Gasteiger partial charge in [-0.3, -0.25) is 0 Å². The molecule has 3 nitrogen and oxygen atoms in total. The normalized spacial score (nSPS) is 11.6. The fraction of sp³-hybridized carbons (Fsp3) is 0. The molecule has 0 unspecified atom stereocenters. The van der Waals surface area contributed by atoms with Gasteiger partial charge in [-0.2, -0.15) is 0 Å². The number of hydrogen-bond acceptors (Lipinski definition) is 2. The van der Waals surface area contributed by atoms with Gasteiger partial charge in [-0.15, -0.1) is 0 Å². The molecular weight excluding hydrogens is 669 g/mol. The zero-order valence-corrected chi connectivity index (χ0v) is 29.9. The second-order valence-electron chi connectivity index (χ2n) is 14.1. The average molecular weight is 703 g/mol. The van der Waals surface area contributed by atoms with Crippen molar-refractivity contribution in [1.82, 2.24) is 4.57 Å². The second kappa shape index (κ2) is 12.6. The molecule has 11 rings (SSSR count). The van der Waals surface area contributed by atoms with E-state index in [1.165, 1.54) is 32.8 Å². The van der Waals surface area contributed by atoms with Gasteiger partial charge < -0.3 is 13.9 Å². The molecule has 0 radical (unpaired) electrons. The van der Waals surface area contributed by atoms with Crippen molar-refractivity contribution in [1.29, 1.82) is 0 Å². The van der Waals surface area contributed by atoms with Crippen molar-refractivity contribution in [3.05, 3.63) is 206 Å². The van der Waals surface area contributed by atoms with Crippen LogP contribution in [0.15, 0.2) is 211 Å². The third-order valence-corrected chi connectivity index (χ3v) is 10.9. The summed E-state index contributed by atoms with van der Waals surface area (Å²) in [5.74, 6) is 0. The molecule has 0 fully saturated rings. The third-order valence-electron chi connectivity index (χ3n) is 10.9. The summed E-state index contributed by atoms with van der Waals surface area (Å²) in [5, 5.41) is 7.05. The van der Waals surface area contributed by atoms with Crippen LogP contribution in [0.2, 0.25) is 0 Å². The van der Waals surface area contributed by atoms with Gasteiger partial charge in [-0.05, 0) is 94.9 Å². The van der Waals surface area contributed by atoms with E-state index < -0.39 is 0 Å². The summed E-state index contributed by atoms with van der Waals surface area (Å²) < 4.78 is 9.12. The highest BCUT2D eigenvalue weighted by Crippen LogP contribution is 2.42. The van der Waals surface area contributed by atoms with Gasteiger partial charge in [0, 0.05) is 55.2 Å². The first-order chi connectivity index (χ1) is 27.3. The first-order valence-corrected chi connectivity index (χ1v) is 18.8. The zero-order valence-electron chi connectivity index (χ0n) is 29.9. The number of fused-ring (bicyclic) bond motifs is 8. The molecule has 3 heteroatoms.